The van der Waals surface area contributed by atoms with Gasteiger partial charge in [0.25, 0.3) is 0 Å². The number of carbonyl (C=O) groups is 3. The fraction of sp³-hybridized carbons (Fsp3) is 0.679. The summed E-state index contributed by atoms with van der Waals surface area (Å²) in [6, 6.07) is 6.09. The number of amides is 3. The summed E-state index contributed by atoms with van der Waals surface area (Å²) in [6.45, 7) is 17.6. The minimum atomic E-state index is -0.811. The fourth-order valence-corrected chi connectivity index (χ4v) is 4.04. The van der Waals surface area contributed by atoms with Crippen LogP contribution in [-0.2, 0) is 14.3 Å². The van der Waals surface area contributed by atoms with Crippen molar-refractivity contribution >= 4 is 17.9 Å². The molecule has 198 valence electrons. The molecule has 4 atom stereocenters. The van der Waals surface area contributed by atoms with Crippen molar-refractivity contribution in [3.8, 4) is 0 Å². The van der Waals surface area contributed by atoms with Crippen molar-refractivity contribution in [3.05, 3.63) is 35.4 Å². The van der Waals surface area contributed by atoms with Gasteiger partial charge in [0.15, 0.2) is 0 Å². The lowest BCUT2D eigenvalue weighted by Crippen LogP contribution is -2.55. The van der Waals surface area contributed by atoms with Crippen molar-refractivity contribution in [1.29, 1.82) is 0 Å². The van der Waals surface area contributed by atoms with Crippen LogP contribution in [-0.4, -0.2) is 47.0 Å². The largest absolute Gasteiger partial charge is 0.444 e. The molecule has 1 rings (SSSR count). The summed E-state index contributed by atoms with van der Waals surface area (Å²) in [6.07, 6.45) is 2.51. The van der Waals surface area contributed by atoms with Crippen LogP contribution in [0.2, 0.25) is 0 Å². The Kier molecular flexibility index (Phi) is 12.3. The Balaban J connectivity index is 3.45. The molecule has 0 aliphatic heterocycles. The third-order valence-electron chi connectivity index (χ3n) is 5.93. The standard InChI is InChI=1S/C28H47N3O4/c1-10-14-21(6)29-25(32)24(22-16-13-15-19(4)18-22)31(17-11-2)26(33)23(20(5)12-3)30-27(34)35-28(7,8)9/h13,15-16,18,20-21,23-24H,10-12,14,17H2,1-9H3,(H,29,32)(H,30,34). The van der Waals surface area contributed by atoms with Crippen molar-refractivity contribution in [1.82, 2.24) is 15.5 Å². The van der Waals surface area contributed by atoms with Crippen molar-refractivity contribution in [2.24, 2.45) is 5.92 Å². The van der Waals surface area contributed by atoms with E-state index in [1.807, 2.05) is 58.9 Å². The third-order valence-corrected chi connectivity index (χ3v) is 5.93. The van der Waals surface area contributed by atoms with E-state index >= 15 is 0 Å². The molecule has 0 fully saturated rings. The molecule has 0 heterocycles. The molecule has 4 unspecified atom stereocenters. The van der Waals surface area contributed by atoms with E-state index in [2.05, 4.69) is 17.6 Å². The Morgan fingerprint density at radius 3 is 2.20 bits per heavy atom. The van der Waals surface area contributed by atoms with Crippen LogP contribution in [0.4, 0.5) is 4.79 Å². The summed E-state index contributed by atoms with van der Waals surface area (Å²) >= 11 is 0. The number of aryl methyl sites for hydroxylation is 1. The minimum Gasteiger partial charge on any atom is -0.444 e. The van der Waals surface area contributed by atoms with E-state index in [9.17, 15) is 14.4 Å². The number of nitrogens with zero attached hydrogens (tertiary/aromatic N) is 1. The summed E-state index contributed by atoms with van der Waals surface area (Å²) in [5.74, 6) is -0.634. The molecule has 1 aromatic carbocycles. The monoisotopic (exact) mass is 489 g/mol. The van der Waals surface area contributed by atoms with Crippen molar-refractivity contribution in [3.63, 3.8) is 0 Å². The lowest BCUT2D eigenvalue weighted by Gasteiger charge is -2.36. The van der Waals surface area contributed by atoms with Crippen LogP contribution in [0.5, 0.6) is 0 Å². The first-order valence-corrected chi connectivity index (χ1v) is 13.0. The Morgan fingerprint density at radius 2 is 1.69 bits per heavy atom. The van der Waals surface area contributed by atoms with Gasteiger partial charge >= 0.3 is 6.09 Å². The molecule has 0 saturated carbocycles. The Bertz CT molecular complexity index is 834. The molecule has 0 spiro atoms. The SMILES string of the molecule is CCCC(C)NC(=O)C(c1cccc(C)c1)N(CCC)C(=O)C(NC(=O)OC(C)(C)C)C(C)CC. The van der Waals surface area contributed by atoms with E-state index in [1.54, 1.807) is 25.7 Å². The highest BCUT2D eigenvalue weighted by Gasteiger charge is 2.38. The van der Waals surface area contributed by atoms with Gasteiger partial charge in [0.05, 0.1) is 0 Å². The first-order chi connectivity index (χ1) is 16.3. The molecule has 0 radical (unpaired) electrons. The average Bonchev–Trinajstić information content (AvgIpc) is 2.75. The van der Waals surface area contributed by atoms with E-state index in [4.69, 9.17) is 4.74 Å². The normalized spacial score (nSPS) is 14.9. The lowest BCUT2D eigenvalue weighted by molar-refractivity contribution is -0.143. The third kappa shape index (κ3) is 9.90. The van der Waals surface area contributed by atoms with Crippen LogP contribution in [0.15, 0.2) is 24.3 Å². The van der Waals surface area contributed by atoms with Crippen LogP contribution in [0.1, 0.15) is 98.2 Å². The highest BCUT2D eigenvalue weighted by Crippen LogP contribution is 2.26. The number of hydrogen-bond donors (Lipinski definition) is 2. The van der Waals surface area contributed by atoms with E-state index in [0.717, 1.165) is 24.0 Å². The second kappa shape index (κ2) is 14.1. The number of benzene rings is 1. The van der Waals surface area contributed by atoms with Gasteiger partial charge in [-0.25, -0.2) is 4.79 Å². The second-order valence-electron chi connectivity index (χ2n) is 10.6. The number of ether oxygens (including phenoxy) is 1. The maximum Gasteiger partial charge on any atom is 0.408 e. The van der Waals surface area contributed by atoms with Crippen molar-refractivity contribution < 1.29 is 19.1 Å². The fourth-order valence-electron chi connectivity index (χ4n) is 4.04. The van der Waals surface area contributed by atoms with E-state index in [0.29, 0.717) is 19.4 Å². The van der Waals surface area contributed by atoms with Crippen LogP contribution in [0, 0.1) is 12.8 Å². The van der Waals surface area contributed by atoms with Crippen LogP contribution >= 0.6 is 0 Å². The van der Waals surface area contributed by atoms with Gasteiger partial charge in [-0.05, 0) is 58.9 Å². The molecule has 3 amide bonds. The van der Waals surface area contributed by atoms with Crippen LogP contribution in [0.3, 0.4) is 0 Å². The molecule has 1 aromatic rings. The lowest BCUT2D eigenvalue weighted by atomic mass is 9.95. The molecular formula is C28H47N3O4. The molecule has 0 saturated heterocycles. The van der Waals surface area contributed by atoms with Gasteiger partial charge in [0.1, 0.15) is 17.7 Å². The Labute approximate surface area is 212 Å². The number of nitrogens with one attached hydrogen (secondary N) is 2. The summed E-state index contributed by atoms with van der Waals surface area (Å²) in [5, 5.41) is 5.90. The molecule has 0 aliphatic rings. The molecule has 2 N–H and O–H groups in total. The van der Waals surface area contributed by atoms with Crippen molar-refractivity contribution in [2.75, 3.05) is 6.54 Å². The summed E-state index contributed by atoms with van der Waals surface area (Å²) < 4.78 is 5.44. The Hall–Kier alpha value is -2.57. The first kappa shape index (κ1) is 30.5. The highest BCUT2D eigenvalue weighted by atomic mass is 16.6. The number of hydrogen-bond acceptors (Lipinski definition) is 4. The Morgan fingerprint density at radius 1 is 1.03 bits per heavy atom. The van der Waals surface area contributed by atoms with Gasteiger partial charge in [-0.15, -0.1) is 0 Å². The van der Waals surface area contributed by atoms with E-state index in [-0.39, 0.29) is 23.8 Å². The van der Waals surface area contributed by atoms with Gasteiger partial charge in [-0.1, -0.05) is 70.4 Å². The topological polar surface area (TPSA) is 87.7 Å². The summed E-state index contributed by atoms with van der Waals surface area (Å²) in [5.41, 5.74) is 1.08. The zero-order valence-electron chi connectivity index (χ0n) is 23.2. The number of carbonyl (C=O) groups excluding carboxylic acids is 3. The summed E-state index contributed by atoms with van der Waals surface area (Å²) in [7, 11) is 0. The van der Waals surface area contributed by atoms with Gasteiger partial charge in [0.2, 0.25) is 11.8 Å². The molecule has 0 aromatic heterocycles. The van der Waals surface area contributed by atoms with Gasteiger partial charge in [-0.2, -0.15) is 0 Å². The predicted octanol–water partition coefficient (Wildman–Crippen LogP) is 5.52. The molecule has 7 heteroatoms. The van der Waals surface area contributed by atoms with Crippen LogP contribution in [0.25, 0.3) is 0 Å². The van der Waals surface area contributed by atoms with Crippen LogP contribution < -0.4 is 10.6 Å². The van der Waals surface area contributed by atoms with E-state index in [1.165, 1.54) is 0 Å². The molecular weight excluding hydrogens is 442 g/mol. The number of alkyl carbamates (subject to hydrolysis) is 1. The summed E-state index contributed by atoms with van der Waals surface area (Å²) in [4.78, 5) is 41.9. The zero-order valence-corrected chi connectivity index (χ0v) is 23.2. The van der Waals surface area contributed by atoms with Gasteiger partial charge < -0.3 is 20.3 Å². The maximum absolute atomic E-state index is 14.0. The van der Waals surface area contributed by atoms with Crippen molar-refractivity contribution in [2.45, 2.75) is 112 Å². The first-order valence-electron chi connectivity index (χ1n) is 13.0. The quantitative estimate of drug-likeness (QED) is 0.405. The zero-order chi connectivity index (χ0) is 26.8. The maximum atomic E-state index is 14.0. The number of rotatable bonds is 12. The van der Waals surface area contributed by atoms with E-state index < -0.39 is 23.8 Å². The van der Waals surface area contributed by atoms with Gasteiger partial charge in [-0.3, -0.25) is 9.59 Å². The smallest absolute Gasteiger partial charge is 0.408 e. The molecule has 7 nitrogen and oxygen atoms in total. The molecule has 35 heavy (non-hydrogen) atoms. The average molecular weight is 490 g/mol. The second-order valence-corrected chi connectivity index (χ2v) is 10.6. The molecule has 0 bridgehead atoms. The molecule has 0 aliphatic carbocycles. The highest BCUT2D eigenvalue weighted by molar-refractivity contribution is 5.92. The van der Waals surface area contributed by atoms with Gasteiger partial charge in [0, 0.05) is 12.6 Å². The minimum absolute atomic E-state index is 0.0105. The predicted molar refractivity (Wildman–Crippen MR) is 141 cm³/mol.